The van der Waals surface area contributed by atoms with Crippen LogP contribution in [-0.2, 0) is 4.79 Å². The number of dihydropyridines is 1. The molecule has 1 aromatic rings. The molecule has 1 aliphatic carbocycles. The number of allylic oxidation sites excluding steroid dienone is 4. The van der Waals surface area contributed by atoms with E-state index < -0.39 is 5.92 Å². The molecule has 1 N–H and O–H groups in total. The van der Waals surface area contributed by atoms with Gasteiger partial charge in [0.05, 0.1) is 38.9 Å². The Morgan fingerprint density at radius 2 is 1.68 bits per heavy atom. The molecule has 0 radical (unpaired) electrons. The molecule has 2 aliphatic rings. The smallest absolute Gasteiger partial charge is 0.164 e. The summed E-state index contributed by atoms with van der Waals surface area (Å²) in [5, 5.41) is 13.2. The average molecular weight is 382 g/mol. The van der Waals surface area contributed by atoms with Crippen LogP contribution < -0.4 is 19.5 Å². The molecule has 0 saturated carbocycles. The topological polar surface area (TPSA) is 80.6 Å². The van der Waals surface area contributed by atoms with E-state index in [1.807, 2.05) is 6.92 Å². The summed E-state index contributed by atoms with van der Waals surface area (Å²) in [6, 6.07) is 5.83. The van der Waals surface area contributed by atoms with Crippen molar-refractivity contribution in [3.05, 3.63) is 40.2 Å². The number of nitriles is 1. The van der Waals surface area contributed by atoms with Crippen LogP contribution in [0.4, 0.5) is 0 Å². The highest BCUT2D eigenvalue weighted by atomic mass is 16.5. The molecule has 0 saturated heterocycles. The fraction of sp³-hybridized carbons (Fsp3) is 0.455. The van der Waals surface area contributed by atoms with E-state index in [-0.39, 0.29) is 11.2 Å². The molecule has 0 bridgehead atoms. The molecule has 148 valence electrons. The first-order valence-corrected chi connectivity index (χ1v) is 9.20. The number of rotatable bonds is 4. The molecule has 0 spiro atoms. The molecule has 6 heteroatoms. The summed E-state index contributed by atoms with van der Waals surface area (Å²) in [6.07, 6.45) is 1.19. The molecule has 1 heterocycles. The van der Waals surface area contributed by atoms with E-state index in [9.17, 15) is 10.1 Å². The number of nitrogens with one attached hydrogen (secondary N) is 1. The molecule has 3 rings (SSSR count). The van der Waals surface area contributed by atoms with Gasteiger partial charge in [-0.05, 0) is 24.8 Å². The molecule has 0 fully saturated rings. The standard InChI is InChI=1S/C22H26N2O4/c1-12-14(11-23)20(21-15(24-12)9-22(2,3)10-16(21)25)13-7-18(27-5)19(28-6)8-17(13)26-4/h7-8,20,24H,9-10H2,1-6H3/t20-/m1/s1. The lowest BCUT2D eigenvalue weighted by atomic mass is 9.68. The van der Waals surface area contributed by atoms with E-state index in [2.05, 4.69) is 25.2 Å². The van der Waals surface area contributed by atoms with Crippen molar-refractivity contribution in [1.29, 1.82) is 5.26 Å². The van der Waals surface area contributed by atoms with Crippen molar-refractivity contribution >= 4 is 5.78 Å². The van der Waals surface area contributed by atoms with Gasteiger partial charge < -0.3 is 19.5 Å². The minimum absolute atomic E-state index is 0.0563. The number of carbonyl (C=O) groups excluding carboxylic acids is 1. The van der Waals surface area contributed by atoms with Crippen molar-refractivity contribution in [3.8, 4) is 23.3 Å². The Bertz CT molecular complexity index is 935. The van der Waals surface area contributed by atoms with Gasteiger partial charge in [-0.1, -0.05) is 13.8 Å². The van der Waals surface area contributed by atoms with Crippen molar-refractivity contribution in [2.24, 2.45) is 5.41 Å². The summed E-state index contributed by atoms with van der Waals surface area (Å²) in [5.41, 5.74) is 3.40. The van der Waals surface area contributed by atoms with Crippen LogP contribution in [0.25, 0.3) is 0 Å². The van der Waals surface area contributed by atoms with Crippen LogP contribution in [0.5, 0.6) is 17.2 Å². The highest BCUT2D eigenvalue weighted by Crippen LogP contribution is 2.49. The second-order valence-corrected chi connectivity index (χ2v) is 7.99. The van der Waals surface area contributed by atoms with Crippen molar-refractivity contribution in [1.82, 2.24) is 5.32 Å². The van der Waals surface area contributed by atoms with Gasteiger partial charge in [0.25, 0.3) is 0 Å². The SMILES string of the molecule is COc1cc(OC)c([C@@H]2C(C#N)=C(C)NC3=C2C(=O)CC(C)(C)C3)cc1OC. The third kappa shape index (κ3) is 3.22. The number of ether oxygens (including phenoxy) is 3. The Morgan fingerprint density at radius 3 is 2.25 bits per heavy atom. The van der Waals surface area contributed by atoms with Gasteiger partial charge in [-0.15, -0.1) is 0 Å². The van der Waals surface area contributed by atoms with E-state index in [0.29, 0.717) is 34.8 Å². The predicted molar refractivity (Wildman–Crippen MR) is 105 cm³/mol. The highest BCUT2D eigenvalue weighted by molar-refractivity contribution is 6.00. The van der Waals surface area contributed by atoms with Crippen molar-refractivity contribution in [2.45, 2.75) is 39.5 Å². The van der Waals surface area contributed by atoms with Crippen LogP contribution >= 0.6 is 0 Å². The van der Waals surface area contributed by atoms with E-state index in [1.165, 1.54) is 0 Å². The minimum atomic E-state index is -0.500. The molecule has 0 aromatic heterocycles. The van der Waals surface area contributed by atoms with E-state index in [1.54, 1.807) is 33.5 Å². The Labute approximate surface area is 165 Å². The number of hydrogen-bond acceptors (Lipinski definition) is 6. The fourth-order valence-corrected chi connectivity index (χ4v) is 4.17. The lowest BCUT2D eigenvalue weighted by Gasteiger charge is -2.39. The second-order valence-electron chi connectivity index (χ2n) is 7.99. The van der Waals surface area contributed by atoms with Crippen LogP contribution in [0.3, 0.4) is 0 Å². The molecule has 0 amide bonds. The highest BCUT2D eigenvalue weighted by Gasteiger charge is 2.42. The minimum Gasteiger partial charge on any atom is -0.496 e. The van der Waals surface area contributed by atoms with Gasteiger partial charge in [0.1, 0.15) is 5.75 Å². The zero-order valence-corrected chi connectivity index (χ0v) is 17.2. The maximum Gasteiger partial charge on any atom is 0.164 e. The van der Waals surface area contributed by atoms with Crippen LogP contribution in [0.1, 0.15) is 45.1 Å². The zero-order chi connectivity index (χ0) is 20.6. The third-order valence-corrected chi connectivity index (χ3v) is 5.41. The zero-order valence-electron chi connectivity index (χ0n) is 17.2. The summed E-state index contributed by atoms with van der Waals surface area (Å²) in [6.45, 7) is 6.04. The normalized spacial score (nSPS) is 20.9. The second kappa shape index (κ2) is 7.23. The van der Waals surface area contributed by atoms with Crippen molar-refractivity contribution in [2.75, 3.05) is 21.3 Å². The Hall–Kier alpha value is -2.94. The molecule has 6 nitrogen and oxygen atoms in total. The van der Waals surface area contributed by atoms with Crippen LogP contribution in [-0.4, -0.2) is 27.1 Å². The van der Waals surface area contributed by atoms with Crippen LogP contribution in [0.2, 0.25) is 0 Å². The summed E-state index contributed by atoms with van der Waals surface area (Å²) in [4.78, 5) is 13.1. The van der Waals surface area contributed by atoms with Gasteiger partial charge in [0.15, 0.2) is 17.3 Å². The number of Topliss-reactive ketones (excluding diaryl/α,β-unsaturated/α-hetero) is 1. The van der Waals surface area contributed by atoms with Gasteiger partial charge in [0, 0.05) is 35.0 Å². The first-order chi connectivity index (χ1) is 13.3. The van der Waals surface area contributed by atoms with Gasteiger partial charge in [-0.25, -0.2) is 0 Å². The lowest BCUT2D eigenvalue weighted by molar-refractivity contribution is -0.118. The number of carbonyl (C=O) groups is 1. The number of hydrogen-bond donors (Lipinski definition) is 1. The first kappa shape index (κ1) is 19.8. The summed E-state index contributed by atoms with van der Waals surface area (Å²) in [5.74, 6) is 1.16. The Morgan fingerprint density at radius 1 is 1.07 bits per heavy atom. The van der Waals surface area contributed by atoms with E-state index in [4.69, 9.17) is 14.2 Å². The third-order valence-electron chi connectivity index (χ3n) is 5.41. The van der Waals surface area contributed by atoms with Crippen molar-refractivity contribution < 1.29 is 19.0 Å². The predicted octanol–water partition coefficient (Wildman–Crippen LogP) is 3.84. The van der Waals surface area contributed by atoms with Crippen LogP contribution in [0.15, 0.2) is 34.7 Å². The largest absolute Gasteiger partial charge is 0.496 e. The monoisotopic (exact) mass is 382 g/mol. The quantitative estimate of drug-likeness (QED) is 0.852. The summed E-state index contributed by atoms with van der Waals surface area (Å²) >= 11 is 0. The number of benzene rings is 1. The molecule has 1 aliphatic heterocycles. The summed E-state index contributed by atoms with van der Waals surface area (Å²) in [7, 11) is 4.68. The van der Waals surface area contributed by atoms with Gasteiger partial charge in [0.2, 0.25) is 0 Å². The van der Waals surface area contributed by atoms with E-state index in [0.717, 1.165) is 23.4 Å². The average Bonchev–Trinajstić information content (AvgIpc) is 2.64. The summed E-state index contributed by atoms with van der Waals surface area (Å²) < 4.78 is 16.4. The number of ketones is 1. The van der Waals surface area contributed by atoms with E-state index >= 15 is 0 Å². The van der Waals surface area contributed by atoms with Gasteiger partial charge >= 0.3 is 0 Å². The molecule has 1 atom stereocenters. The first-order valence-electron chi connectivity index (χ1n) is 9.20. The lowest BCUT2D eigenvalue weighted by Crippen LogP contribution is -2.37. The maximum atomic E-state index is 13.1. The fourth-order valence-electron chi connectivity index (χ4n) is 4.17. The molecular formula is C22H26N2O4. The van der Waals surface area contributed by atoms with Crippen molar-refractivity contribution in [3.63, 3.8) is 0 Å². The molecule has 28 heavy (non-hydrogen) atoms. The van der Waals surface area contributed by atoms with Gasteiger partial charge in [-0.3, -0.25) is 4.79 Å². The number of nitrogens with zero attached hydrogens (tertiary/aromatic N) is 1. The Kier molecular flexibility index (Phi) is 5.12. The Balaban J connectivity index is 2.28. The maximum absolute atomic E-state index is 13.1. The van der Waals surface area contributed by atoms with Gasteiger partial charge in [-0.2, -0.15) is 5.26 Å². The molecule has 0 unspecified atom stereocenters. The number of methoxy groups -OCH3 is 3. The molecule has 1 aromatic carbocycles. The van der Waals surface area contributed by atoms with Crippen LogP contribution in [0, 0.1) is 16.7 Å². The molecular weight excluding hydrogens is 356 g/mol.